The highest BCUT2D eigenvalue weighted by Crippen LogP contribution is 2.28. The summed E-state index contributed by atoms with van der Waals surface area (Å²) in [4.78, 5) is 28.9. The number of carbonyl (C=O) groups is 2. The second-order valence-electron chi connectivity index (χ2n) is 7.56. The average molecular weight is 357 g/mol. The van der Waals surface area contributed by atoms with Crippen LogP contribution < -0.4 is 5.32 Å². The molecule has 1 aromatic rings. The maximum atomic E-state index is 12.5. The van der Waals surface area contributed by atoms with E-state index in [4.69, 9.17) is 0 Å². The lowest BCUT2D eigenvalue weighted by atomic mass is 10.0. The third-order valence-corrected chi connectivity index (χ3v) is 5.69. The predicted octanol–water partition coefficient (Wildman–Crippen LogP) is 3.90. The van der Waals surface area contributed by atoms with Gasteiger partial charge in [-0.3, -0.25) is 4.79 Å². The molecule has 3 rings (SSSR count). The van der Waals surface area contributed by atoms with E-state index in [1.165, 1.54) is 31.2 Å². The Labute approximate surface area is 156 Å². The highest BCUT2D eigenvalue weighted by Gasteiger charge is 2.25. The molecule has 0 atom stereocenters. The first-order valence-electron chi connectivity index (χ1n) is 10.1. The zero-order chi connectivity index (χ0) is 18.4. The summed E-state index contributed by atoms with van der Waals surface area (Å²) in [5, 5.41) is 2.98. The van der Waals surface area contributed by atoms with Crippen molar-refractivity contribution in [3.63, 3.8) is 0 Å². The van der Waals surface area contributed by atoms with Crippen molar-refractivity contribution in [2.24, 2.45) is 5.92 Å². The number of rotatable bonds is 4. The van der Waals surface area contributed by atoms with E-state index in [-0.39, 0.29) is 11.9 Å². The SMILES string of the molecule is CCc1ccc(NC(=O)N2CCCN(C(=O)CC3CCCC3)CC2)cc1. The lowest BCUT2D eigenvalue weighted by Gasteiger charge is -2.23. The summed E-state index contributed by atoms with van der Waals surface area (Å²) in [6.45, 7) is 4.83. The molecule has 1 saturated carbocycles. The molecule has 0 radical (unpaired) electrons. The van der Waals surface area contributed by atoms with Gasteiger partial charge in [0.1, 0.15) is 0 Å². The number of anilines is 1. The fourth-order valence-electron chi connectivity index (χ4n) is 3.99. The molecule has 5 heteroatoms. The van der Waals surface area contributed by atoms with E-state index >= 15 is 0 Å². The van der Waals surface area contributed by atoms with Crippen LogP contribution in [0.3, 0.4) is 0 Å². The van der Waals surface area contributed by atoms with Gasteiger partial charge in [-0.2, -0.15) is 0 Å². The summed E-state index contributed by atoms with van der Waals surface area (Å²) in [7, 11) is 0. The van der Waals surface area contributed by atoms with E-state index in [0.29, 0.717) is 32.0 Å². The van der Waals surface area contributed by atoms with E-state index in [1.54, 1.807) is 0 Å². The quantitative estimate of drug-likeness (QED) is 0.889. The average Bonchev–Trinajstić information content (AvgIpc) is 3.03. The Morgan fingerprint density at radius 2 is 1.62 bits per heavy atom. The third kappa shape index (κ3) is 4.99. The predicted molar refractivity (Wildman–Crippen MR) is 104 cm³/mol. The number of amides is 3. The molecule has 1 N–H and O–H groups in total. The molecule has 1 aliphatic carbocycles. The van der Waals surface area contributed by atoms with Crippen LogP contribution in [0.15, 0.2) is 24.3 Å². The molecular formula is C21H31N3O2. The summed E-state index contributed by atoms with van der Waals surface area (Å²) in [5.41, 5.74) is 2.08. The van der Waals surface area contributed by atoms with Gasteiger partial charge in [-0.05, 0) is 49.3 Å². The van der Waals surface area contributed by atoms with Gasteiger partial charge >= 0.3 is 6.03 Å². The molecule has 5 nitrogen and oxygen atoms in total. The summed E-state index contributed by atoms with van der Waals surface area (Å²) in [6.07, 6.45) is 7.46. The van der Waals surface area contributed by atoms with Crippen molar-refractivity contribution in [1.82, 2.24) is 9.80 Å². The van der Waals surface area contributed by atoms with E-state index in [1.807, 2.05) is 34.1 Å². The van der Waals surface area contributed by atoms with Crippen LogP contribution in [0.5, 0.6) is 0 Å². The standard InChI is InChI=1S/C21H31N3O2/c1-2-17-8-10-19(11-9-17)22-21(26)24-13-5-12-23(14-15-24)20(25)16-18-6-3-4-7-18/h8-11,18H,2-7,12-16H2,1H3,(H,22,26). The molecule has 1 heterocycles. The summed E-state index contributed by atoms with van der Waals surface area (Å²) >= 11 is 0. The van der Waals surface area contributed by atoms with Crippen LogP contribution in [0.25, 0.3) is 0 Å². The molecule has 3 amide bonds. The number of hydrogen-bond acceptors (Lipinski definition) is 2. The molecule has 0 spiro atoms. The Morgan fingerprint density at radius 3 is 2.31 bits per heavy atom. The summed E-state index contributed by atoms with van der Waals surface area (Å²) < 4.78 is 0. The zero-order valence-electron chi connectivity index (χ0n) is 15.9. The van der Waals surface area contributed by atoms with Crippen LogP contribution in [0.1, 0.15) is 51.0 Å². The fourth-order valence-corrected chi connectivity index (χ4v) is 3.99. The van der Waals surface area contributed by atoms with Crippen LogP contribution in [0, 0.1) is 5.92 Å². The van der Waals surface area contributed by atoms with E-state index in [0.717, 1.165) is 25.1 Å². The molecule has 0 bridgehead atoms. The van der Waals surface area contributed by atoms with Gasteiger partial charge in [-0.1, -0.05) is 31.9 Å². The first-order valence-corrected chi connectivity index (χ1v) is 10.1. The van der Waals surface area contributed by atoms with Gasteiger partial charge < -0.3 is 15.1 Å². The minimum atomic E-state index is -0.0701. The molecular weight excluding hydrogens is 326 g/mol. The smallest absolute Gasteiger partial charge is 0.321 e. The number of aryl methyl sites for hydroxylation is 1. The van der Waals surface area contributed by atoms with Gasteiger partial charge in [0.25, 0.3) is 0 Å². The van der Waals surface area contributed by atoms with E-state index in [9.17, 15) is 9.59 Å². The first kappa shape index (κ1) is 18.7. The first-order chi connectivity index (χ1) is 12.7. The minimum Gasteiger partial charge on any atom is -0.341 e. The number of nitrogens with one attached hydrogen (secondary N) is 1. The van der Waals surface area contributed by atoms with Gasteiger partial charge in [-0.25, -0.2) is 4.79 Å². The van der Waals surface area contributed by atoms with Crippen LogP contribution in [0.4, 0.5) is 10.5 Å². The second kappa shape index (κ2) is 9.06. The molecule has 26 heavy (non-hydrogen) atoms. The highest BCUT2D eigenvalue weighted by atomic mass is 16.2. The lowest BCUT2D eigenvalue weighted by molar-refractivity contribution is -0.132. The van der Waals surface area contributed by atoms with Crippen LogP contribution in [0.2, 0.25) is 0 Å². The van der Waals surface area contributed by atoms with Gasteiger partial charge in [0.05, 0.1) is 0 Å². The Hall–Kier alpha value is -2.04. The largest absolute Gasteiger partial charge is 0.341 e. The number of carbonyl (C=O) groups excluding carboxylic acids is 2. The van der Waals surface area contributed by atoms with Crippen molar-refractivity contribution in [1.29, 1.82) is 0 Å². The van der Waals surface area contributed by atoms with Crippen molar-refractivity contribution in [3.05, 3.63) is 29.8 Å². The van der Waals surface area contributed by atoms with Crippen LogP contribution in [-0.2, 0) is 11.2 Å². The number of hydrogen-bond donors (Lipinski definition) is 1. The molecule has 142 valence electrons. The van der Waals surface area contributed by atoms with Crippen molar-refractivity contribution in [2.75, 3.05) is 31.5 Å². The Kier molecular flexibility index (Phi) is 6.53. The maximum Gasteiger partial charge on any atom is 0.321 e. The maximum absolute atomic E-state index is 12.5. The van der Waals surface area contributed by atoms with E-state index < -0.39 is 0 Å². The minimum absolute atomic E-state index is 0.0701. The Morgan fingerprint density at radius 1 is 0.962 bits per heavy atom. The molecule has 0 unspecified atom stereocenters. The molecule has 1 saturated heterocycles. The van der Waals surface area contributed by atoms with Crippen molar-refractivity contribution in [2.45, 2.75) is 51.9 Å². The topological polar surface area (TPSA) is 52.7 Å². The highest BCUT2D eigenvalue weighted by molar-refractivity contribution is 5.89. The van der Waals surface area contributed by atoms with Gasteiger partial charge in [0.2, 0.25) is 5.91 Å². The van der Waals surface area contributed by atoms with Crippen molar-refractivity contribution in [3.8, 4) is 0 Å². The number of urea groups is 1. The van der Waals surface area contributed by atoms with Gasteiger partial charge in [0.15, 0.2) is 0 Å². The van der Waals surface area contributed by atoms with Crippen molar-refractivity contribution >= 4 is 17.6 Å². The fraction of sp³-hybridized carbons (Fsp3) is 0.619. The third-order valence-electron chi connectivity index (χ3n) is 5.69. The van der Waals surface area contributed by atoms with Crippen LogP contribution in [-0.4, -0.2) is 47.9 Å². The molecule has 1 aromatic carbocycles. The normalized spacial score (nSPS) is 18.7. The summed E-state index contributed by atoms with van der Waals surface area (Å²) in [6, 6.07) is 7.92. The Balaban J connectivity index is 1.48. The van der Waals surface area contributed by atoms with Gasteiger partial charge in [0, 0.05) is 38.3 Å². The zero-order valence-corrected chi connectivity index (χ0v) is 15.9. The second-order valence-corrected chi connectivity index (χ2v) is 7.56. The molecule has 2 aliphatic rings. The summed E-state index contributed by atoms with van der Waals surface area (Å²) in [5.74, 6) is 0.852. The molecule has 2 fully saturated rings. The lowest BCUT2D eigenvalue weighted by Crippen LogP contribution is -2.39. The number of nitrogens with zero attached hydrogens (tertiary/aromatic N) is 2. The Bertz CT molecular complexity index is 608. The van der Waals surface area contributed by atoms with Crippen molar-refractivity contribution < 1.29 is 9.59 Å². The monoisotopic (exact) mass is 357 g/mol. The molecule has 0 aromatic heterocycles. The van der Waals surface area contributed by atoms with E-state index in [2.05, 4.69) is 12.2 Å². The molecule has 1 aliphatic heterocycles. The van der Waals surface area contributed by atoms with Crippen LogP contribution >= 0.6 is 0 Å². The number of benzene rings is 1. The van der Waals surface area contributed by atoms with Gasteiger partial charge in [-0.15, -0.1) is 0 Å².